The van der Waals surface area contributed by atoms with Gasteiger partial charge in [0, 0.05) is 25.7 Å². The Morgan fingerprint density at radius 1 is 1.24 bits per heavy atom. The second kappa shape index (κ2) is 9.33. The number of aryl methyl sites for hydroxylation is 1. The van der Waals surface area contributed by atoms with E-state index < -0.39 is 15.8 Å². The second-order valence-corrected chi connectivity index (χ2v) is 8.02. The lowest BCUT2D eigenvalue weighted by Crippen LogP contribution is -2.37. The molecule has 1 aromatic carbocycles. The van der Waals surface area contributed by atoms with E-state index in [1.54, 1.807) is 13.0 Å². The predicted molar refractivity (Wildman–Crippen MR) is 103 cm³/mol. The van der Waals surface area contributed by atoms with Crippen LogP contribution in [0, 0.1) is 12.7 Å². The van der Waals surface area contributed by atoms with Gasteiger partial charge < -0.3 is 19.1 Å². The molecular formula is C18H23FN4O5S. The van der Waals surface area contributed by atoms with Crippen LogP contribution in [0.25, 0.3) is 0 Å². The van der Waals surface area contributed by atoms with E-state index in [4.69, 9.17) is 14.2 Å². The zero-order valence-corrected chi connectivity index (χ0v) is 17.0. The summed E-state index contributed by atoms with van der Waals surface area (Å²) >= 11 is 0. The molecule has 1 saturated heterocycles. The summed E-state index contributed by atoms with van der Waals surface area (Å²) in [7, 11) is -2.57. The van der Waals surface area contributed by atoms with Crippen LogP contribution in [-0.2, 0) is 14.8 Å². The van der Waals surface area contributed by atoms with Crippen molar-refractivity contribution in [3.63, 3.8) is 0 Å². The van der Waals surface area contributed by atoms with Crippen LogP contribution in [0.3, 0.4) is 0 Å². The number of anilines is 1. The first-order valence-corrected chi connectivity index (χ1v) is 10.5. The maximum atomic E-state index is 13.8. The lowest BCUT2D eigenvalue weighted by atomic mass is 10.3. The van der Waals surface area contributed by atoms with E-state index in [1.807, 2.05) is 0 Å². The molecule has 1 N–H and O–H groups in total. The first-order valence-electron chi connectivity index (χ1n) is 9.03. The Bertz CT molecular complexity index is 951. The third-order valence-electron chi connectivity index (χ3n) is 4.21. The summed E-state index contributed by atoms with van der Waals surface area (Å²) in [5.41, 5.74) is 0. The van der Waals surface area contributed by atoms with Crippen LogP contribution in [0.4, 0.5) is 10.2 Å². The van der Waals surface area contributed by atoms with Crippen LogP contribution in [-0.4, -0.2) is 65.0 Å². The molecule has 2 heterocycles. The topological polar surface area (TPSA) is 103 Å². The number of methoxy groups -OCH3 is 1. The number of ether oxygens (including phenoxy) is 3. The largest absolute Gasteiger partial charge is 0.494 e. The summed E-state index contributed by atoms with van der Waals surface area (Å²) in [4.78, 5) is 10.5. The van der Waals surface area contributed by atoms with Gasteiger partial charge in [0.1, 0.15) is 18.2 Å². The van der Waals surface area contributed by atoms with E-state index in [0.29, 0.717) is 24.9 Å². The molecule has 9 nitrogen and oxygen atoms in total. The number of sulfonamides is 1. The Hall–Kier alpha value is -2.50. The van der Waals surface area contributed by atoms with Gasteiger partial charge in [-0.05, 0) is 25.1 Å². The van der Waals surface area contributed by atoms with Crippen molar-refractivity contribution in [1.29, 1.82) is 0 Å². The SMILES string of the molecule is COc1ccc(S(=O)(=O)NCCOc2cc(N3CCOCC3)nc(C)n2)cc1F. The molecule has 0 amide bonds. The lowest BCUT2D eigenvalue weighted by molar-refractivity contribution is 0.122. The molecule has 1 aliphatic heterocycles. The van der Waals surface area contributed by atoms with Crippen molar-refractivity contribution in [2.45, 2.75) is 11.8 Å². The Morgan fingerprint density at radius 3 is 2.69 bits per heavy atom. The number of morpholine rings is 1. The molecule has 1 aromatic heterocycles. The highest BCUT2D eigenvalue weighted by Crippen LogP contribution is 2.21. The summed E-state index contributed by atoms with van der Waals surface area (Å²) in [6, 6.07) is 5.15. The molecular weight excluding hydrogens is 403 g/mol. The summed E-state index contributed by atoms with van der Waals surface area (Å²) < 4.78 is 56.4. The second-order valence-electron chi connectivity index (χ2n) is 6.25. The van der Waals surface area contributed by atoms with Gasteiger partial charge in [0.05, 0.1) is 25.2 Å². The van der Waals surface area contributed by atoms with E-state index in [0.717, 1.165) is 25.0 Å². The molecule has 0 unspecified atom stereocenters. The normalized spacial score (nSPS) is 14.7. The van der Waals surface area contributed by atoms with Crippen LogP contribution in [0.1, 0.15) is 5.82 Å². The maximum absolute atomic E-state index is 13.8. The van der Waals surface area contributed by atoms with Crippen LogP contribution >= 0.6 is 0 Å². The zero-order valence-electron chi connectivity index (χ0n) is 16.2. The van der Waals surface area contributed by atoms with E-state index in [-0.39, 0.29) is 23.8 Å². The molecule has 0 aliphatic carbocycles. The van der Waals surface area contributed by atoms with Gasteiger partial charge in [-0.1, -0.05) is 0 Å². The monoisotopic (exact) mass is 426 g/mol. The first-order chi connectivity index (χ1) is 13.9. The number of nitrogens with zero attached hydrogens (tertiary/aromatic N) is 3. The smallest absolute Gasteiger partial charge is 0.240 e. The van der Waals surface area contributed by atoms with Gasteiger partial charge in [0.25, 0.3) is 0 Å². The minimum Gasteiger partial charge on any atom is -0.494 e. The molecule has 0 saturated carbocycles. The number of hydrogen-bond donors (Lipinski definition) is 1. The van der Waals surface area contributed by atoms with Gasteiger partial charge in [-0.3, -0.25) is 0 Å². The molecule has 3 rings (SSSR count). The standard InChI is InChI=1S/C18H23FN4O5S/c1-13-21-17(23-6-9-27-10-7-23)12-18(22-13)28-8-5-20-29(24,25)14-3-4-16(26-2)15(19)11-14/h3-4,11-12,20H,5-10H2,1-2H3. The highest BCUT2D eigenvalue weighted by molar-refractivity contribution is 7.89. The van der Waals surface area contributed by atoms with Crippen LogP contribution in [0.5, 0.6) is 11.6 Å². The minimum atomic E-state index is -3.88. The van der Waals surface area contributed by atoms with Crippen LogP contribution in [0.2, 0.25) is 0 Å². The van der Waals surface area contributed by atoms with Gasteiger partial charge in [-0.25, -0.2) is 22.5 Å². The lowest BCUT2D eigenvalue weighted by Gasteiger charge is -2.28. The number of nitrogens with one attached hydrogen (secondary N) is 1. The number of halogens is 1. The van der Waals surface area contributed by atoms with E-state index in [1.165, 1.54) is 19.2 Å². The number of hydrogen-bond acceptors (Lipinski definition) is 8. The fourth-order valence-electron chi connectivity index (χ4n) is 2.78. The van der Waals surface area contributed by atoms with Crippen molar-refractivity contribution in [3.8, 4) is 11.6 Å². The number of rotatable bonds is 8. The molecule has 11 heteroatoms. The van der Waals surface area contributed by atoms with Crippen LogP contribution < -0.4 is 19.1 Å². The molecule has 158 valence electrons. The third-order valence-corrected chi connectivity index (χ3v) is 5.67. The van der Waals surface area contributed by atoms with Crippen molar-refractivity contribution in [1.82, 2.24) is 14.7 Å². The Morgan fingerprint density at radius 2 is 2.00 bits per heavy atom. The van der Waals surface area contributed by atoms with Gasteiger partial charge in [-0.15, -0.1) is 0 Å². The molecule has 1 aliphatic rings. The highest BCUT2D eigenvalue weighted by atomic mass is 32.2. The Balaban J connectivity index is 1.57. The van der Waals surface area contributed by atoms with E-state index in [2.05, 4.69) is 19.6 Å². The molecule has 0 bridgehead atoms. The van der Waals surface area contributed by atoms with E-state index in [9.17, 15) is 12.8 Å². The fraction of sp³-hybridized carbons (Fsp3) is 0.444. The molecule has 0 atom stereocenters. The molecule has 2 aromatic rings. The summed E-state index contributed by atoms with van der Waals surface area (Å²) in [5.74, 6) is 0.873. The van der Waals surface area contributed by atoms with Crippen molar-refractivity contribution in [2.24, 2.45) is 0 Å². The molecule has 0 radical (unpaired) electrons. The van der Waals surface area contributed by atoms with Gasteiger partial charge in [0.2, 0.25) is 15.9 Å². The Labute approximate surface area is 168 Å². The predicted octanol–water partition coefficient (Wildman–Crippen LogP) is 1.13. The maximum Gasteiger partial charge on any atom is 0.240 e. The van der Waals surface area contributed by atoms with Gasteiger partial charge >= 0.3 is 0 Å². The number of aromatic nitrogens is 2. The average molecular weight is 426 g/mol. The fourth-order valence-corrected chi connectivity index (χ4v) is 3.81. The van der Waals surface area contributed by atoms with Crippen molar-refractivity contribution in [2.75, 3.05) is 51.5 Å². The summed E-state index contributed by atoms with van der Waals surface area (Å²) in [6.45, 7) is 4.53. The van der Waals surface area contributed by atoms with Crippen LogP contribution in [0.15, 0.2) is 29.2 Å². The van der Waals surface area contributed by atoms with E-state index >= 15 is 0 Å². The van der Waals surface area contributed by atoms with Crippen molar-refractivity contribution >= 4 is 15.8 Å². The quantitative estimate of drug-likeness (QED) is 0.627. The van der Waals surface area contributed by atoms with Crippen molar-refractivity contribution in [3.05, 3.63) is 35.9 Å². The molecule has 0 spiro atoms. The number of benzene rings is 1. The van der Waals surface area contributed by atoms with Gasteiger partial charge in [-0.2, -0.15) is 4.98 Å². The summed E-state index contributed by atoms with van der Waals surface area (Å²) in [6.07, 6.45) is 0. The highest BCUT2D eigenvalue weighted by Gasteiger charge is 2.17. The summed E-state index contributed by atoms with van der Waals surface area (Å²) in [5, 5.41) is 0. The molecule has 1 fully saturated rings. The minimum absolute atomic E-state index is 0.00802. The van der Waals surface area contributed by atoms with Crippen molar-refractivity contribution < 1.29 is 27.0 Å². The molecule has 29 heavy (non-hydrogen) atoms. The first kappa shape index (κ1) is 21.2. The zero-order chi connectivity index (χ0) is 20.9. The van der Waals surface area contributed by atoms with Gasteiger partial charge in [0.15, 0.2) is 11.6 Å². The third kappa shape index (κ3) is 5.52. The Kier molecular flexibility index (Phi) is 6.83. The average Bonchev–Trinajstić information content (AvgIpc) is 2.71.